The standard InChI is InChI=1S/2C10H14O.4CH3.O.2Sn/c2*1-3-5-9-8(2)6-4-7-10(9)11;;;;;;;/h2*4,6-7,11H,3,5H2,1-2H3;4*1H3;;;/q;;;;;;;2*+1/p-2. The molecule has 0 amide bonds. The molecule has 0 aliphatic carbocycles. The van der Waals surface area contributed by atoms with E-state index in [1.807, 2.05) is 0 Å². The third kappa shape index (κ3) is 7.35. The van der Waals surface area contributed by atoms with E-state index in [9.17, 15) is 0 Å². The molecule has 3 nitrogen and oxygen atoms in total. The minimum atomic E-state index is -3.24. The first-order chi connectivity index (χ1) is 13.6. The molecule has 0 atom stereocenters. The molecule has 0 saturated heterocycles. The molecule has 0 radical (unpaired) electrons. The molecule has 2 rings (SSSR count). The molecule has 0 spiro atoms. The van der Waals surface area contributed by atoms with E-state index in [2.05, 4.69) is 83.9 Å². The molecule has 29 heavy (non-hydrogen) atoms. The molecule has 2 aromatic rings. The Hall–Kier alpha value is -0.403. The van der Waals surface area contributed by atoms with Crippen molar-refractivity contribution in [3.05, 3.63) is 58.7 Å². The maximum atomic E-state index is 6.75. The van der Waals surface area contributed by atoms with Gasteiger partial charge in [0.15, 0.2) is 0 Å². The molecule has 0 bridgehead atoms. The average molecular weight is 612 g/mol. The van der Waals surface area contributed by atoms with Crippen molar-refractivity contribution >= 4 is 38.4 Å². The summed E-state index contributed by atoms with van der Waals surface area (Å²) >= 11 is -6.49. The fourth-order valence-electron chi connectivity index (χ4n) is 3.85. The van der Waals surface area contributed by atoms with Crippen LogP contribution in [0.3, 0.4) is 0 Å². The summed E-state index contributed by atoms with van der Waals surface area (Å²) in [5, 5.41) is 0. The zero-order valence-electron chi connectivity index (χ0n) is 19.5. The van der Waals surface area contributed by atoms with Gasteiger partial charge >= 0.3 is 189 Å². The number of hydrogen-bond donors (Lipinski definition) is 0. The van der Waals surface area contributed by atoms with Crippen LogP contribution >= 0.6 is 0 Å². The Balaban J connectivity index is 2.19. The van der Waals surface area contributed by atoms with Crippen LogP contribution in [0.1, 0.15) is 48.9 Å². The van der Waals surface area contributed by atoms with Crippen molar-refractivity contribution in [1.82, 2.24) is 0 Å². The second-order valence-corrected chi connectivity index (χ2v) is 30.3. The van der Waals surface area contributed by atoms with Crippen LogP contribution < -0.4 is 6.15 Å². The molecule has 160 valence electrons. The van der Waals surface area contributed by atoms with E-state index >= 15 is 0 Å². The van der Waals surface area contributed by atoms with E-state index in [4.69, 9.17) is 7.56 Å². The Morgan fingerprint density at radius 2 is 1.03 bits per heavy atom. The average Bonchev–Trinajstić information content (AvgIpc) is 2.59. The van der Waals surface area contributed by atoms with Gasteiger partial charge < -0.3 is 0 Å². The normalized spacial score (nSPS) is 12.1. The van der Waals surface area contributed by atoms with Crippen molar-refractivity contribution in [2.75, 3.05) is 0 Å². The second kappa shape index (κ2) is 10.8. The van der Waals surface area contributed by atoms with Gasteiger partial charge in [0.2, 0.25) is 0 Å². The monoisotopic (exact) mass is 614 g/mol. The van der Waals surface area contributed by atoms with Gasteiger partial charge in [0, 0.05) is 0 Å². The molecule has 5 heteroatoms. The summed E-state index contributed by atoms with van der Waals surface area (Å²) in [5.41, 5.74) is 5.24. The van der Waals surface area contributed by atoms with Crippen molar-refractivity contribution in [2.24, 2.45) is 0 Å². The van der Waals surface area contributed by atoms with E-state index in [0.29, 0.717) is 0 Å². The first-order valence-corrected chi connectivity index (χ1v) is 26.9. The van der Waals surface area contributed by atoms with E-state index in [1.54, 1.807) is 0 Å². The van der Waals surface area contributed by atoms with Crippen LogP contribution in [-0.2, 0) is 14.3 Å². The summed E-state index contributed by atoms with van der Waals surface area (Å²) in [6.45, 7) is 8.76. The van der Waals surface area contributed by atoms with Crippen LogP contribution in [0.25, 0.3) is 0 Å². The van der Waals surface area contributed by atoms with E-state index in [1.165, 1.54) is 22.3 Å². The molecular formula is C24H38O3Sn2. The molecule has 0 saturated carbocycles. The fraction of sp³-hybridized carbons (Fsp3) is 0.500. The minimum absolute atomic E-state index is 1.01. The Bertz CT molecular complexity index is 748. The number of rotatable bonds is 10. The maximum absolute atomic E-state index is 6.75. The van der Waals surface area contributed by atoms with E-state index in [-0.39, 0.29) is 0 Å². The molecule has 0 aliphatic heterocycles. The molecule has 0 fully saturated rings. The van der Waals surface area contributed by atoms with Crippen LogP contribution in [0.15, 0.2) is 36.4 Å². The van der Waals surface area contributed by atoms with Gasteiger partial charge in [0.05, 0.1) is 0 Å². The molecular weight excluding hydrogens is 574 g/mol. The summed E-state index contributed by atoms with van der Waals surface area (Å²) in [4.78, 5) is 8.83. The van der Waals surface area contributed by atoms with Crippen LogP contribution in [0.5, 0.6) is 11.5 Å². The summed E-state index contributed by atoms with van der Waals surface area (Å²) in [7, 11) is 0. The van der Waals surface area contributed by atoms with E-state index < -0.39 is 38.4 Å². The van der Waals surface area contributed by atoms with Crippen molar-refractivity contribution in [2.45, 2.75) is 73.1 Å². The molecule has 2 aromatic carbocycles. The third-order valence-corrected chi connectivity index (χ3v) is 30.6. The van der Waals surface area contributed by atoms with Gasteiger partial charge in [0.25, 0.3) is 0 Å². The van der Waals surface area contributed by atoms with Crippen LogP contribution in [0, 0.1) is 13.8 Å². The molecule has 0 aromatic heterocycles. The zero-order valence-corrected chi connectivity index (χ0v) is 25.2. The van der Waals surface area contributed by atoms with Crippen molar-refractivity contribution in [1.29, 1.82) is 0 Å². The quantitative estimate of drug-likeness (QED) is 0.269. The first-order valence-electron chi connectivity index (χ1n) is 10.8. The predicted octanol–water partition coefficient (Wildman–Crippen LogP) is 7.09. The van der Waals surface area contributed by atoms with Gasteiger partial charge in [0.1, 0.15) is 0 Å². The molecule has 0 unspecified atom stereocenters. The van der Waals surface area contributed by atoms with Gasteiger partial charge in [-0.1, -0.05) is 0 Å². The van der Waals surface area contributed by atoms with Crippen LogP contribution in [0.2, 0.25) is 19.8 Å². The van der Waals surface area contributed by atoms with Crippen molar-refractivity contribution in [3.63, 3.8) is 0 Å². The summed E-state index contributed by atoms with van der Waals surface area (Å²) in [6.07, 6.45) is 4.30. The van der Waals surface area contributed by atoms with Gasteiger partial charge in [-0.15, -0.1) is 0 Å². The third-order valence-electron chi connectivity index (χ3n) is 4.94. The number of hydrogen-bond acceptors (Lipinski definition) is 3. The predicted molar refractivity (Wildman–Crippen MR) is 128 cm³/mol. The SMILES string of the molecule is CCCc1c(C)cccc1[O][Sn]([CH3])([CH3])[O][Sn]([CH3])([CH3])[O]c1cccc(C)c1CCC. The van der Waals surface area contributed by atoms with Gasteiger partial charge in [-0.05, 0) is 0 Å². The summed E-state index contributed by atoms with van der Waals surface area (Å²) < 4.78 is 20.0. The fourth-order valence-corrected chi connectivity index (χ4v) is 35.8. The van der Waals surface area contributed by atoms with Gasteiger partial charge in [-0.2, -0.15) is 0 Å². The molecule has 0 N–H and O–H groups in total. The van der Waals surface area contributed by atoms with Crippen LogP contribution in [0.4, 0.5) is 0 Å². The molecule has 0 aliphatic rings. The first kappa shape index (κ1) is 24.9. The second-order valence-electron chi connectivity index (χ2n) is 8.71. The summed E-state index contributed by atoms with van der Waals surface area (Å²) in [5.74, 6) is 2.02. The van der Waals surface area contributed by atoms with Crippen molar-refractivity contribution in [3.8, 4) is 11.5 Å². The number of benzene rings is 2. The summed E-state index contributed by atoms with van der Waals surface area (Å²) in [6, 6.07) is 12.7. The Kier molecular flexibility index (Phi) is 9.22. The van der Waals surface area contributed by atoms with Gasteiger partial charge in [-0.25, -0.2) is 0 Å². The van der Waals surface area contributed by atoms with E-state index in [0.717, 1.165) is 37.2 Å². The topological polar surface area (TPSA) is 27.7 Å². The van der Waals surface area contributed by atoms with Crippen LogP contribution in [-0.4, -0.2) is 38.4 Å². The Morgan fingerprint density at radius 1 is 0.655 bits per heavy atom. The van der Waals surface area contributed by atoms with Crippen molar-refractivity contribution < 1.29 is 7.56 Å². The molecule has 0 heterocycles. The zero-order chi connectivity index (χ0) is 21.7. The Morgan fingerprint density at radius 3 is 1.38 bits per heavy atom. The Labute approximate surface area is 188 Å². The number of aryl methyl sites for hydroxylation is 2. The van der Waals surface area contributed by atoms with Gasteiger partial charge in [-0.3, -0.25) is 0 Å².